The standard InChI is InChI=1S/C36H41N3O7S/c1-25-20-32(44-5)33(23-31(25)27-14-10-15-28(21-27)34(40)45-6)47(42,43)38-29-16-11-17-30(22-29)39(24-26-12-8-7-9-13-26)19-18-37-35(41)46-36(2,3)4/h7-17,20-23,38H,18-19,24H2,1-6H3,(H,37,41). The number of sulfonamides is 1. The normalized spacial score (nSPS) is 11.4. The number of anilines is 2. The predicted molar refractivity (Wildman–Crippen MR) is 183 cm³/mol. The summed E-state index contributed by atoms with van der Waals surface area (Å²) in [7, 11) is -1.42. The Morgan fingerprint density at radius 2 is 1.60 bits per heavy atom. The zero-order valence-corrected chi connectivity index (χ0v) is 28.3. The van der Waals surface area contributed by atoms with Crippen LogP contribution in [-0.2, 0) is 26.0 Å². The van der Waals surface area contributed by atoms with E-state index in [1.165, 1.54) is 14.2 Å². The van der Waals surface area contributed by atoms with Gasteiger partial charge in [0, 0.05) is 25.3 Å². The highest BCUT2D eigenvalue weighted by Crippen LogP contribution is 2.35. The Balaban J connectivity index is 1.63. The van der Waals surface area contributed by atoms with E-state index in [4.69, 9.17) is 14.2 Å². The summed E-state index contributed by atoms with van der Waals surface area (Å²) in [5.74, 6) is -0.313. The summed E-state index contributed by atoms with van der Waals surface area (Å²) < 4.78 is 46.2. The molecule has 0 aromatic heterocycles. The maximum absolute atomic E-state index is 13.9. The zero-order valence-electron chi connectivity index (χ0n) is 27.5. The van der Waals surface area contributed by atoms with E-state index >= 15 is 0 Å². The second-order valence-electron chi connectivity index (χ2n) is 11.9. The van der Waals surface area contributed by atoms with E-state index in [2.05, 4.69) is 10.0 Å². The van der Waals surface area contributed by atoms with Crippen molar-refractivity contribution in [3.05, 3.63) is 108 Å². The molecule has 10 nitrogen and oxygen atoms in total. The van der Waals surface area contributed by atoms with Crippen LogP contribution in [0.3, 0.4) is 0 Å². The largest absolute Gasteiger partial charge is 0.495 e. The van der Waals surface area contributed by atoms with Crippen LogP contribution in [0.25, 0.3) is 11.1 Å². The van der Waals surface area contributed by atoms with Gasteiger partial charge in [-0.15, -0.1) is 0 Å². The molecule has 0 spiro atoms. The van der Waals surface area contributed by atoms with Crippen molar-refractivity contribution in [2.75, 3.05) is 36.9 Å². The van der Waals surface area contributed by atoms with E-state index in [1.54, 1.807) is 75.4 Å². The molecule has 0 saturated carbocycles. The fourth-order valence-corrected chi connectivity index (χ4v) is 6.19. The smallest absolute Gasteiger partial charge is 0.407 e. The number of aryl methyl sites for hydroxylation is 1. The fraction of sp³-hybridized carbons (Fsp3) is 0.278. The topological polar surface area (TPSA) is 123 Å². The van der Waals surface area contributed by atoms with E-state index in [0.717, 1.165) is 16.8 Å². The van der Waals surface area contributed by atoms with Crippen molar-refractivity contribution in [1.29, 1.82) is 0 Å². The summed E-state index contributed by atoms with van der Waals surface area (Å²) in [4.78, 5) is 26.4. The summed E-state index contributed by atoms with van der Waals surface area (Å²) in [6.45, 7) is 8.51. The molecule has 0 aliphatic carbocycles. The minimum absolute atomic E-state index is 0.0582. The first-order valence-electron chi connectivity index (χ1n) is 15.1. The molecule has 4 rings (SSSR count). The van der Waals surface area contributed by atoms with Crippen molar-refractivity contribution >= 4 is 33.5 Å². The van der Waals surface area contributed by atoms with E-state index in [1.807, 2.05) is 48.2 Å². The van der Waals surface area contributed by atoms with Crippen LogP contribution in [-0.4, -0.2) is 53.4 Å². The van der Waals surface area contributed by atoms with E-state index in [9.17, 15) is 18.0 Å². The van der Waals surface area contributed by atoms with Gasteiger partial charge in [-0.05, 0) is 92.4 Å². The Bertz CT molecular complexity index is 1820. The number of methoxy groups -OCH3 is 2. The molecule has 0 fully saturated rings. The summed E-state index contributed by atoms with van der Waals surface area (Å²) >= 11 is 0. The summed E-state index contributed by atoms with van der Waals surface area (Å²) in [5, 5.41) is 2.79. The molecule has 47 heavy (non-hydrogen) atoms. The fourth-order valence-electron chi connectivity index (χ4n) is 4.96. The Morgan fingerprint density at radius 1 is 0.872 bits per heavy atom. The average Bonchev–Trinajstić information content (AvgIpc) is 3.03. The maximum Gasteiger partial charge on any atom is 0.407 e. The monoisotopic (exact) mass is 659 g/mol. The van der Waals surface area contributed by atoms with Crippen LogP contribution in [0.5, 0.6) is 5.75 Å². The quantitative estimate of drug-likeness (QED) is 0.160. The number of benzene rings is 4. The molecule has 1 amide bonds. The maximum atomic E-state index is 13.9. The number of carbonyl (C=O) groups excluding carboxylic acids is 2. The highest BCUT2D eigenvalue weighted by Gasteiger charge is 2.23. The lowest BCUT2D eigenvalue weighted by molar-refractivity contribution is 0.0528. The molecule has 248 valence electrons. The summed E-state index contributed by atoms with van der Waals surface area (Å²) in [5.41, 5.74) is 3.91. The number of carbonyl (C=O) groups is 2. The van der Waals surface area contributed by atoms with Crippen LogP contribution in [0, 0.1) is 6.92 Å². The van der Waals surface area contributed by atoms with Gasteiger partial charge in [-0.2, -0.15) is 0 Å². The zero-order chi connectivity index (χ0) is 34.2. The van der Waals surface area contributed by atoms with Crippen molar-refractivity contribution in [2.24, 2.45) is 0 Å². The Morgan fingerprint density at radius 3 is 2.28 bits per heavy atom. The molecule has 2 N–H and O–H groups in total. The van der Waals surface area contributed by atoms with E-state index in [-0.39, 0.29) is 10.6 Å². The molecular formula is C36H41N3O7S. The van der Waals surface area contributed by atoms with Gasteiger partial charge < -0.3 is 24.4 Å². The van der Waals surface area contributed by atoms with Gasteiger partial charge >= 0.3 is 12.1 Å². The molecule has 0 unspecified atom stereocenters. The lowest BCUT2D eigenvalue weighted by atomic mass is 9.98. The number of hydrogen-bond donors (Lipinski definition) is 2. The Labute approximate surface area is 276 Å². The SMILES string of the molecule is COC(=O)c1cccc(-c2cc(S(=O)(=O)Nc3cccc(N(CCNC(=O)OC(C)(C)C)Cc4ccccc4)c3)c(OC)cc2C)c1. The predicted octanol–water partition coefficient (Wildman–Crippen LogP) is 6.79. The van der Waals surface area contributed by atoms with Gasteiger partial charge in [-0.25, -0.2) is 18.0 Å². The van der Waals surface area contributed by atoms with Crippen molar-refractivity contribution < 1.29 is 32.2 Å². The number of amides is 1. The second kappa shape index (κ2) is 15.0. The van der Waals surface area contributed by atoms with Crippen LogP contribution < -0.4 is 19.7 Å². The van der Waals surface area contributed by atoms with Crippen LogP contribution in [0.2, 0.25) is 0 Å². The average molecular weight is 660 g/mol. The molecule has 0 heterocycles. The molecule has 4 aromatic rings. The number of esters is 1. The molecule has 4 aromatic carbocycles. The molecule has 11 heteroatoms. The Hall–Kier alpha value is -5.03. The van der Waals surface area contributed by atoms with E-state index < -0.39 is 27.7 Å². The second-order valence-corrected chi connectivity index (χ2v) is 13.5. The molecule has 0 bridgehead atoms. The molecule has 0 aliphatic rings. The summed E-state index contributed by atoms with van der Waals surface area (Å²) in [6.07, 6.45) is -0.512. The van der Waals surface area contributed by atoms with Gasteiger partial charge in [-0.3, -0.25) is 4.72 Å². The highest BCUT2D eigenvalue weighted by molar-refractivity contribution is 7.92. The van der Waals surface area contributed by atoms with Gasteiger partial charge in [-0.1, -0.05) is 48.5 Å². The minimum Gasteiger partial charge on any atom is -0.495 e. The van der Waals surface area contributed by atoms with Crippen LogP contribution >= 0.6 is 0 Å². The highest BCUT2D eigenvalue weighted by atomic mass is 32.2. The lowest BCUT2D eigenvalue weighted by Gasteiger charge is -2.26. The molecule has 0 saturated heterocycles. The third-order valence-corrected chi connectivity index (χ3v) is 8.53. The molecule has 0 atom stereocenters. The third kappa shape index (κ3) is 9.49. The van der Waals surface area contributed by atoms with Crippen LogP contribution in [0.1, 0.15) is 42.3 Å². The van der Waals surface area contributed by atoms with Crippen molar-refractivity contribution in [2.45, 2.75) is 44.7 Å². The summed E-state index contributed by atoms with van der Waals surface area (Å²) in [6, 6.07) is 26.9. The Kier molecular flexibility index (Phi) is 11.1. The first-order valence-corrected chi connectivity index (χ1v) is 16.5. The number of rotatable bonds is 12. The van der Waals surface area contributed by atoms with Gasteiger partial charge in [0.25, 0.3) is 10.0 Å². The first kappa shape index (κ1) is 34.8. The number of nitrogens with one attached hydrogen (secondary N) is 2. The molecule has 0 radical (unpaired) electrons. The number of hydrogen-bond acceptors (Lipinski definition) is 8. The number of nitrogens with zero attached hydrogens (tertiary/aromatic N) is 1. The molecule has 0 aliphatic heterocycles. The van der Waals surface area contributed by atoms with Gasteiger partial charge in [0.2, 0.25) is 0 Å². The minimum atomic E-state index is -4.14. The van der Waals surface area contributed by atoms with Gasteiger partial charge in [0.1, 0.15) is 16.2 Å². The van der Waals surface area contributed by atoms with Gasteiger partial charge in [0.05, 0.1) is 25.5 Å². The third-order valence-electron chi connectivity index (χ3n) is 7.12. The van der Waals surface area contributed by atoms with Crippen molar-refractivity contribution in [3.63, 3.8) is 0 Å². The van der Waals surface area contributed by atoms with Crippen LogP contribution in [0.4, 0.5) is 16.2 Å². The van der Waals surface area contributed by atoms with Crippen molar-refractivity contribution in [3.8, 4) is 16.9 Å². The first-order chi connectivity index (χ1) is 22.3. The van der Waals surface area contributed by atoms with Gasteiger partial charge in [0.15, 0.2) is 0 Å². The van der Waals surface area contributed by atoms with E-state index in [0.29, 0.717) is 42.0 Å². The van der Waals surface area contributed by atoms with Crippen molar-refractivity contribution in [1.82, 2.24) is 5.32 Å². The number of ether oxygens (including phenoxy) is 3. The number of alkyl carbamates (subject to hydrolysis) is 1. The molecular weight excluding hydrogens is 618 g/mol. The lowest BCUT2D eigenvalue weighted by Crippen LogP contribution is -2.38. The van der Waals surface area contributed by atoms with Crippen LogP contribution in [0.15, 0.2) is 95.9 Å².